The maximum absolute atomic E-state index is 11.1. The van der Waals surface area contributed by atoms with Gasteiger partial charge in [-0.2, -0.15) is 0 Å². The van der Waals surface area contributed by atoms with Crippen molar-refractivity contribution in [3.8, 4) is 11.5 Å². The third kappa shape index (κ3) is 3.29. The second-order valence-corrected chi connectivity index (χ2v) is 5.20. The highest BCUT2D eigenvalue weighted by Crippen LogP contribution is 2.36. The number of hydrogen-bond acceptors (Lipinski definition) is 3. The van der Waals surface area contributed by atoms with E-state index in [0.29, 0.717) is 16.1 Å². The molecule has 0 aliphatic rings. The lowest BCUT2D eigenvalue weighted by atomic mass is 10.2. The predicted octanol–water partition coefficient (Wildman–Crippen LogP) is 5.24. The van der Waals surface area contributed by atoms with E-state index < -0.39 is 4.92 Å². The largest absolute Gasteiger partial charge is 0.449 e. The Morgan fingerprint density at radius 2 is 1.95 bits per heavy atom. The van der Waals surface area contributed by atoms with Crippen LogP contribution in [0.3, 0.4) is 0 Å². The Morgan fingerprint density at radius 3 is 2.55 bits per heavy atom. The number of benzene rings is 2. The van der Waals surface area contributed by atoms with E-state index in [1.165, 1.54) is 6.07 Å². The van der Waals surface area contributed by atoms with Gasteiger partial charge in [0.05, 0.1) is 9.95 Å². The van der Waals surface area contributed by atoms with Gasteiger partial charge in [0.15, 0.2) is 0 Å². The van der Waals surface area contributed by atoms with Gasteiger partial charge in [-0.15, -0.1) is 0 Å². The van der Waals surface area contributed by atoms with Crippen molar-refractivity contribution >= 4 is 33.2 Å². The summed E-state index contributed by atoms with van der Waals surface area (Å²) >= 11 is 9.33. The molecular weight excluding hydrogens is 346 g/mol. The van der Waals surface area contributed by atoms with Crippen LogP contribution in [0.1, 0.15) is 11.1 Å². The molecule has 0 atom stereocenters. The average Bonchev–Trinajstić information content (AvgIpc) is 2.42. The van der Waals surface area contributed by atoms with Crippen molar-refractivity contribution in [1.29, 1.82) is 0 Å². The van der Waals surface area contributed by atoms with Crippen LogP contribution in [0.5, 0.6) is 11.5 Å². The summed E-state index contributed by atoms with van der Waals surface area (Å²) in [6, 6.07) is 10.1. The van der Waals surface area contributed by atoms with Crippen LogP contribution >= 0.6 is 27.5 Å². The molecule has 0 aromatic heterocycles. The second kappa shape index (κ2) is 6.24. The summed E-state index contributed by atoms with van der Waals surface area (Å²) in [4.78, 5) is 10.6. The van der Waals surface area contributed by atoms with Crippen LogP contribution in [0.15, 0.2) is 36.4 Å². The molecule has 2 aromatic rings. The lowest BCUT2D eigenvalue weighted by molar-refractivity contribution is -0.385. The quantitative estimate of drug-likeness (QED) is 0.427. The number of rotatable bonds is 4. The highest BCUT2D eigenvalue weighted by atomic mass is 79.9. The van der Waals surface area contributed by atoms with Gasteiger partial charge in [0, 0.05) is 11.4 Å². The summed E-state index contributed by atoms with van der Waals surface area (Å²) in [7, 11) is 0. The maximum atomic E-state index is 11.1. The maximum Gasteiger partial charge on any atom is 0.311 e. The van der Waals surface area contributed by atoms with Crippen molar-refractivity contribution in [3.05, 3.63) is 62.7 Å². The van der Waals surface area contributed by atoms with Crippen LogP contribution < -0.4 is 4.74 Å². The molecule has 0 unspecified atom stereocenters. The summed E-state index contributed by atoms with van der Waals surface area (Å²) in [6.45, 7) is 1.91. The zero-order chi connectivity index (χ0) is 14.7. The Labute approximate surface area is 129 Å². The molecule has 0 heterocycles. The molecule has 4 nitrogen and oxygen atoms in total. The van der Waals surface area contributed by atoms with Gasteiger partial charge in [0.1, 0.15) is 5.75 Å². The van der Waals surface area contributed by atoms with E-state index in [2.05, 4.69) is 15.9 Å². The smallest absolute Gasteiger partial charge is 0.311 e. The monoisotopic (exact) mass is 355 g/mol. The van der Waals surface area contributed by atoms with Gasteiger partial charge in [0.25, 0.3) is 0 Å². The number of hydrogen-bond donors (Lipinski definition) is 0. The molecule has 104 valence electrons. The number of aryl methyl sites for hydroxylation is 1. The Hall–Kier alpha value is -1.59. The highest BCUT2D eigenvalue weighted by molar-refractivity contribution is 9.08. The molecule has 0 radical (unpaired) electrons. The third-order valence-corrected chi connectivity index (χ3v) is 3.62. The minimum absolute atomic E-state index is 0.0846. The van der Waals surface area contributed by atoms with Gasteiger partial charge in [-0.05, 0) is 36.2 Å². The van der Waals surface area contributed by atoms with E-state index in [-0.39, 0.29) is 11.4 Å². The fraction of sp³-hybridized carbons (Fsp3) is 0.143. The fourth-order valence-corrected chi connectivity index (χ4v) is 2.30. The normalized spacial score (nSPS) is 10.3. The summed E-state index contributed by atoms with van der Waals surface area (Å²) in [5, 5.41) is 12.1. The first-order valence-corrected chi connectivity index (χ1v) is 7.28. The molecule has 0 aliphatic carbocycles. The van der Waals surface area contributed by atoms with Crippen molar-refractivity contribution in [3.63, 3.8) is 0 Å². The first-order valence-electron chi connectivity index (χ1n) is 5.78. The molecule has 0 saturated heterocycles. The zero-order valence-corrected chi connectivity index (χ0v) is 12.9. The van der Waals surface area contributed by atoms with E-state index >= 15 is 0 Å². The Kier molecular flexibility index (Phi) is 4.62. The van der Waals surface area contributed by atoms with Crippen molar-refractivity contribution in [2.24, 2.45) is 0 Å². The summed E-state index contributed by atoms with van der Waals surface area (Å²) in [5.74, 6) is 0.567. The van der Waals surface area contributed by atoms with Crippen molar-refractivity contribution in [2.45, 2.75) is 12.3 Å². The van der Waals surface area contributed by atoms with Crippen molar-refractivity contribution in [1.82, 2.24) is 0 Å². The van der Waals surface area contributed by atoms with Crippen molar-refractivity contribution in [2.75, 3.05) is 0 Å². The minimum atomic E-state index is -0.469. The molecule has 6 heteroatoms. The van der Waals surface area contributed by atoms with Crippen LogP contribution in [-0.4, -0.2) is 4.92 Å². The van der Waals surface area contributed by atoms with E-state index in [4.69, 9.17) is 16.3 Å². The first kappa shape index (κ1) is 14.8. The molecule has 0 N–H and O–H groups in total. The summed E-state index contributed by atoms with van der Waals surface area (Å²) in [6.07, 6.45) is 0. The highest BCUT2D eigenvalue weighted by Gasteiger charge is 2.17. The number of nitrogens with zero attached hydrogens (tertiary/aromatic N) is 1. The molecule has 0 spiro atoms. The van der Waals surface area contributed by atoms with E-state index in [1.54, 1.807) is 24.3 Å². The molecule has 20 heavy (non-hydrogen) atoms. The number of nitro groups is 1. The minimum Gasteiger partial charge on any atom is -0.449 e. The molecule has 0 amide bonds. The number of alkyl halides is 1. The molecule has 2 aromatic carbocycles. The third-order valence-electron chi connectivity index (χ3n) is 2.68. The van der Waals surface area contributed by atoms with Gasteiger partial charge < -0.3 is 4.74 Å². The Bertz CT molecular complexity index is 661. The van der Waals surface area contributed by atoms with Gasteiger partial charge in [-0.25, -0.2) is 0 Å². The summed E-state index contributed by atoms with van der Waals surface area (Å²) in [5.41, 5.74) is 1.71. The molecule has 0 bridgehead atoms. The van der Waals surface area contributed by atoms with E-state index in [0.717, 1.165) is 11.1 Å². The number of ether oxygens (including phenoxy) is 1. The lowest BCUT2D eigenvalue weighted by Crippen LogP contribution is -1.95. The van der Waals surface area contributed by atoms with Crippen LogP contribution in [-0.2, 0) is 5.33 Å². The summed E-state index contributed by atoms with van der Waals surface area (Å²) < 4.78 is 5.57. The first-order chi connectivity index (χ1) is 9.51. The van der Waals surface area contributed by atoms with E-state index in [9.17, 15) is 10.1 Å². The van der Waals surface area contributed by atoms with Gasteiger partial charge in [0.2, 0.25) is 5.75 Å². The van der Waals surface area contributed by atoms with Crippen LogP contribution in [0, 0.1) is 17.0 Å². The average molecular weight is 357 g/mol. The predicted molar refractivity (Wildman–Crippen MR) is 82.0 cm³/mol. The topological polar surface area (TPSA) is 52.4 Å². The Balaban J connectivity index is 2.40. The number of halogens is 2. The SMILES string of the molecule is Cc1ccc(Oc2ccc(CBr)cc2[N+](=O)[O-])c(Cl)c1. The van der Waals surface area contributed by atoms with E-state index in [1.807, 2.05) is 13.0 Å². The number of nitro benzene ring substituents is 1. The lowest BCUT2D eigenvalue weighted by Gasteiger charge is -2.09. The molecular formula is C14H11BrClNO3. The van der Waals surface area contributed by atoms with Crippen LogP contribution in [0.2, 0.25) is 5.02 Å². The standard InChI is InChI=1S/C14H11BrClNO3/c1-9-2-4-13(11(16)6-9)20-14-5-3-10(8-15)7-12(14)17(18)19/h2-7H,8H2,1H3. The molecule has 0 fully saturated rings. The fourth-order valence-electron chi connectivity index (χ4n) is 1.68. The second-order valence-electron chi connectivity index (χ2n) is 4.23. The van der Waals surface area contributed by atoms with Crippen molar-refractivity contribution < 1.29 is 9.66 Å². The van der Waals surface area contributed by atoms with Crippen LogP contribution in [0.4, 0.5) is 5.69 Å². The Morgan fingerprint density at radius 1 is 1.25 bits per heavy atom. The van der Waals surface area contributed by atoms with Gasteiger partial charge >= 0.3 is 5.69 Å². The van der Waals surface area contributed by atoms with Gasteiger partial charge in [-0.3, -0.25) is 10.1 Å². The molecule has 2 rings (SSSR count). The molecule has 0 saturated carbocycles. The van der Waals surface area contributed by atoms with Crippen LogP contribution in [0.25, 0.3) is 0 Å². The molecule has 0 aliphatic heterocycles. The zero-order valence-electron chi connectivity index (χ0n) is 10.6. The van der Waals surface area contributed by atoms with Gasteiger partial charge in [-0.1, -0.05) is 39.7 Å².